The molecule has 10 rings (SSSR count). The van der Waals surface area contributed by atoms with E-state index in [9.17, 15) is 0 Å². The van der Waals surface area contributed by atoms with Crippen LogP contribution >= 0.6 is 0 Å². The first-order chi connectivity index (χ1) is 24.8. The Labute approximate surface area is 291 Å². The summed E-state index contributed by atoms with van der Waals surface area (Å²) in [7, 11) is 0. The van der Waals surface area contributed by atoms with Crippen molar-refractivity contribution in [3.63, 3.8) is 0 Å². The molecule has 0 saturated carbocycles. The van der Waals surface area contributed by atoms with Crippen LogP contribution < -0.4 is 0 Å². The van der Waals surface area contributed by atoms with Gasteiger partial charge in [0.15, 0.2) is 0 Å². The van der Waals surface area contributed by atoms with Gasteiger partial charge in [-0.15, -0.1) is 0 Å². The topological polar surface area (TPSA) is 0 Å². The Morgan fingerprint density at radius 2 is 0.660 bits per heavy atom. The van der Waals surface area contributed by atoms with Crippen molar-refractivity contribution < 1.29 is 0 Å². The molecule has 50 heavy (non-hydrogen) atoms. The lowest BCUT2D eigenvalue weighted by atomic mass is 9.83. The standard InChI is InChI=1S/C50H32/c1-3-20-37-33(15-1)17-14-30-40(37)41-23-7-8-25-43(41)50-46-28-11-9-26-44(46)49(45-27-10-12-29-47(45)50)36-19-13-18-34(31-36)48-32-35-16-2-4-21-38(35)39-22-5-6-24-42(39)48/h1-32H. The van der Waals surface area contributed by atoms with Crippen molar-refractivity contribution in [2.24, 2.45) is 0 Å². The molecule has 0 aliphatic carbocycles. The van der Waals surface area contributed by atoms with Gasteiger partial charge in [0.25, 0.3) is 0 Å². The quantitative estimate of drug-likeness (QED) is 0.134. The third-order valence-corrected chi connectivity index (χ3v) is 10.4. The van der Waals surface area contributed by atoms with Gasteiger partial charge in [-0.05, 0) is 111 Å². The molecule has 0 aliphatic rings. The van der Waals surface area contributed by atoms with Crippen molar-refractivity contribution in [2.45, 2.75) is 0 Å². The van der Waals surface area contributed by atoms with E-state index < -0.39 is 0 Å². The van der Waals surface area contributed by atoms with Crippen molar-refractivity contribution >= 4 is 53.9 Å². The predicted molar refractivity (Wildman–Crippen MR) is 216 cm³/mol. The van der Waals surface area contributed by atoms with Gasteiger partial charge in [-0.2, -0.15) is 0 Å². The summed E-state index contributed by atoms with van der Waals surface area (Å²) in [6, 6.07) is 71.3. The molecule has 232 valence electrons. The molecule has 0 N–H and O–H groups in total. The minimum atomic E-state index is 1.22. The molecule has 10 aromatic rings. The van der Waals surface area contributed by atoms with E-state index in [2.05, 4.69) is 194 Å². The van der Waals surface area contributed by atoms with Gasteiger partial charge in [-0.1, -0.05) is 182 Å². The number of fused-ring (bicyclic) bond motifs is 6. The minimum absolute atomic E-state index is 1.22. The minimum Gasteiger partial charge on any atom is -0.0616 e. The first kappa shape index (κ1) is 28.5. The normalized spacial score (nSPS) is 11.6. The smallest absolute Gasteiger partial charge is 0.00201 e. The summed E-state index contributed by atoms with van der Waals surface area (Å²) >= 11 is 0. The fourth-order valence-corrected chi connectivity index (χ4v) is 8.26. The van der Waals surface area contributed by atoms with E-state index in [1.54, 1.807) is 0 Å². The largest absolute Gasteiger partial charge is 0.0616 e. The van der Waals surface area contributed by atoms with Gasteiger partial charge in [-0.3, -0.25) is 0 Å². The molecule has 0 atom stereocenters. The second-order valence-corrected chi connectivity index (χ2v) is 13.2. The van der Waals surface area contributed by atoms with E-state index in [0.717, 1.165) is 0 Å². The molecule has 0 radical (unpaired) electrons. The molecule has 0 bridgehead atoms. The van der Waals surface area contributed by atoms with Gasteiger partial charge in [0, 0.05) is 0 Å². The summed E-state index contributed by atoms with van der Waals surface area (Å²) in [4.78, 5) is 0. The highest BCUT2D eigenvalue weighted by Crippen LogP contribution is 2.47. The number of benzene rings is 10. The highest BCUT2D eigenvalue weighted by atomic mass is 14.2. The summed E-state index contributed by atoms with van der Waals surface area (Å²) in [5, 5.41) is 12.7. The molecule has 0 amide bonds. The van der Waals surface area contributed by atoms with E-state index in [4.69, 9.17) is 0 Å². The zero-order valence-electron chi connectivity index (χ0n) is 27.5. The Balaban J connectivity index is 1.24. The van der Waals surface area contributed by atoms with Crippen molar-refractivity contribution in [2.75, 3.05) is 0 Å². The second kappa shape index (κ2) is 11.6. The van der Waals surface area contributed by atoms with E-state index in [1.165, 1.54) is 98.4 Å². The van der Waals surface area contributed by atoms with Gasteiger partial charge >= 0.3 is 0 Å². The fourth-order valence-electron chi connectivity index (χ4n) is 8.26. The van der Waals surface area contributed by atoms with Crippen LogP contribution in [0.4, 0.5) is 0 Å². The van der Waals surface area contributed by atoms with Crippen molar-refractivity contribution in [3.8, 4) is 44.5 Å². The second-order valence-electron chi connectivity index (χ2n) is 13.2. The zero-order chi connectivity index (χ0) is 33.0. The lowest BCUT2D eigenvalue weighted by Gasteiger charge is -2.20. The Morgan fingerprint density at radius 3 is 1.38 bits per heavy atom. The van der Waals surface area contributed by atoms with Crippen LogP contribution in [0, 0.1) is 0 Å². The lowest BCUT2D eigenvalue weighted by Crippen LogP contribution is -1.93. The van der Waals surface area contributed by atoms with E-state index >= 15 is 0 Å². The molecule has 0 aromatic heterocycles. The van der Waals surface area contributed by atoms with Gasteiger partial charge in [0.1, 0.15) is 0 Å². The predicted octanol–water partition coefficient (Wildman–Crippen LogP) is 14.1. The first-order valence-corrected chi connectivity index (χ1v) is 17.4. The van der Waals surface area contributed by atoms with Crippen LogP contribution in [0.15, 0.2) is 194 Å². The molecule has 0 heteroatoms. The maximum Gasteiger partial charge on any atom is -0.00201 e. The molecular weight excluding hydrogens is 601 g/mol. The van der Waals surface area contributed by atoms with Crippen LogP contribution in [0.3, 0.4) is 0 Å². The van der Waals surface area contributed by atoms with Crippen LogP contribution in [-0.2, 0) is 0 Å². The molecule has 0 saturated heterocycles. The Bertz CT molecular complexity index is 2860. The molecule has 10 aromatic carbocycles. The SMILES string of the molecule is c1cc(-c2c3ccccc3c(-c3ccccc3-c3cccc4ccccc34)c3ccccc23)cc(-c2cc3ccccc3c3ccccc23)c1. The fraction of sp³-hybridized carbons (Fsp3) is 0. The maximum atomic E-state index is 2.40. The monoisotopic (exact) mass is 632 g/mol. The maximum absolute atomic E-state index is 2.40. The van der Waals surface area contributed by atoms with E-state index in [-0.39, 0.29) is 0 Å². The van der Waals surface area contributed by atoms with Crippen molar-refractivity contribution in [1.82, 2.24) is 0 Å². The summed E-state index contributed by atoms with van der Waals surface area (Å²) in [5.41, 5.74) is 10.0. The molecule has 0 unspecified atom stereocenters. The average Bonchev–Trinajstić information content (AvgIpc) is 3.19. The first-order valence-electron chi connectivity index (χ1n) is 17.4. The zero-order valence-corrected chi connectivity index (χ0v) is 27.5. The third-order valence-electron chi connectivity index (χ3n) is 10.4. The Morgan fingerprint density at radius 1 is 0.200 bits per heavy atom. The average molecular weight is 633 g/mol. The third kappa shape index (κ3) is 4.46. The number of hydrogen-bond donors (Lipinski definition) is 0. The van der Waals surface area contributed by atoms with E-state index in [1.807, 2.05) is 0 Å². The molecule has 0 spiro atoms. The lowest BCUT2D eigenvalue weighted by molar-refractivity contribution is 1.62. The molecule has 0 aliphatic heterocycles. The summed E-state index contributed by atoms with van der Waals surface area (Å²) in [6.45, 7) is 0. The Kier molecular flexibility index (Phi) is 6.60. The van der Waals surface area contributed by atoms with Gasteiger partial charge in [0.05, 0.1) is 0 Å². The number of hydrogen-bond acceptors (Lipinski definition) is 0. The molecule has 0 heterocycles. The van der Waals surface area contributed by atoms with Gasteiger partial charge in [-0.25, -0.2) is 0 Å². The number of rotatable bonds is 4. The van der Waals surface area contributed by atoms with Crippen LogP contribution in [0.5, 0.6) is 0 Å². The van der Waals surface area contributed by atoms with Crippen molar-refractivity contribution in [1.29, 1.82) is 0 Å². The van der Waals surface area contributed by atoms with Crippen LogP contribution in [-0.4, -0.2) is 0 Å². The van der Waals surface area contributed by atoms with Crippen LogP contribution in [0.1, 0.15) is 0 Å². The highest BCUT2D eigenvalue weighted by molar-refractivity contribution is 6.23. The summed E-state index contributed by atoms with van der Waals surface area (Å²) in [6.07, 6.45) is 0. The van der Waals surface area contributed by atoms with Gasteiger partial charge in [0.2, 0.25) is 0 Å². The van der Waals surface area contributed by atoms with Gasteiger partial charge < -0.3 is 0 Å². The molecular formula is C50H32. The van der Waals surface area contributed by atoms with E-state index in [0.29, 0.717) is 0 Å². The van der Waals surface area contributed by atoms with Crippen LogP contribution in [0.2, 0.25) is 0 Å². The molecule has 0 nitrogen and oxygen atoms in total. The van der Waals surface area contributed by atoms with Crippen LogP contribution in [0.25, 0.3) is 98.4 Å². The molecule has 0 fully saturated rings. The Hall–Kier alpha value is -6.50. The summed E-state index contributed by atoms with van der Waals surface area (Å²) in [5.74, 6) is 0. The highest BCUT2D eigenvalue weighted by Gasteiger charge is 2.20. The van der Waals surface area contributed by atoms with Crippen molar-refractivity contribution in [3.05, 3.63) is 194 Å². The summed E-state index contributed by atoms with van der Waals surface area (Å²) < 4.78 is 0.